The molecule has 2 heterocycles. The minimum Gasteiger partial charge on any atom is -0.345 e. The largest absolute Gasteiger partial charge is 0.345 e. The third-order valence-electron chi connectivity index (χ3n) is 3.37. The summed E-state index contributed by atoms with van der Waals surface area (Å²) in [6, 6.07) is 0.255. The van der Waals surface area contributed by atoms with Gasteiger partial charge in [-0.2, -0.15) is 4.37 Å². The molecule has 0 amide bonds. The van der Waals surface area contributed by atoms with Crippen molar-refractivity contribution in [3.05, 3.63) is 5.82 Å². The van der Waals surface area contributed by atoms with Gasteiger partial charge in [0.1, 0.15) is 5.82 Å². The van der Waals surface area contributed by atoms with Gasteiger partial charge >= 0.3 is 0 Å². The van der Waals surface area contributed by atoms with Crippen molar-refractivity contribution in [2.45, 2.75) is 45.6 Å². The van der Waals surface area contributed by atoms with Gasteiger partial charge in [-0.25, -0.2) is 4.98 Å². The Bertz CT molecular complexity index is 382. The van der Waals surface area contributed by atoms with Crippen molar-refractivity contribution in [2.24, 2.45) is 11.7 Å². The fourth-order valence-electron chi connectivity index (χ4n) is 1.92. The Balaban J connectivity index is 2.11. The molecule has 0 spiro atoms. The number of piperidine rings is 1. The van der Waals surface area contributed by atoms with Crippen LogP contribution in [-0.2, 0) is 5.41 Å². The van der Waals surface area contributed by atoms with Gasteiger partial charge in [0.2, 0.25) is 5.13 Å². The summed E-state index contributed by atoms with van der Waals surface area (Å²) in [7, 11) is 0. The summed E-state index contributed by atoms with van der Waals surface area (Å²) in [6.45, 7) is 10.6. The Kier molecular flexibility index (Phi) is 3.41. The normalized spacial score (nSPS) is 26.3. The van der Waals surface area contributed by atoms with E-state index in [0.717, 1.165) is 30.5 Å². The summed E-state index contributed by atoms with van der Waals surface area (Å²) in [6.07, 6.45) is 1.14. The summed E-state index contributed by atoms with van der Waals surface area (Å²) in [5, 5.41) is 1.03. The van der Waals surface area contributed by atoms with Gasteiger partial charge in [0.05, 0.1) is 0 Å². The number of anilines is 1. The van der Waals surface area contributed by atoms with Crippen LogP contribution in [0.4, 0.5) is 5.13 Å². The van der Waals surface area contributed by atoms with Crippen LogP contribution in [0.1, 0.15) is 39.9 Å². The highest BCUT2D eigenvalue weighted by atomic mass is 32.1. The summed E-state index contributed by atoms with van der Waals surface area (Å²) in [5.41, 5.74) is 6.14. The molecule has 1 aromatic heterocycles. The van der Waals surface area contributed by atoms with E-state index in [9.17, 15) is 0 Å². The lowest BCUT2D eigenvalue weighted by Gasteiger charge is -2.34. The summed E-state index contributed by atoms with van der Waals surface area (Å²) >= 11 is 1.50. The lowest BCUT2D eigenvalue weighted by Crippen LogP contribution is -2.47. The quantitative estimate of drug-likeness (QED) is 0.833. The van der Waals surface area contributed by atoms with Crippen LogP contribution in [0.5, 0.6) is 0 Å². The van der Waals surface area contributed by atoms with Gasteiger partial charge in [0.25, 0.3) is 0 Å². The second kappa shape index (κ2) is 4.53. The SMILES string of the molecule is CC1CCN(c2nc(C(C)(C)C)ns2)CC1N. The molecule has 1 saturated heterocycles. The Morgan fingerprint density at radius 3 is 2.65 bits per heavy atom. The fourth-order valence-corrected chi connectivity index (χ4v) is 2.81. The average Bonchev–Trinajstić information content (AvgIpc) is 2.70. The highest BCUT2D eigenvalue weighted by Gasteiger charge is 2.27. The maximum Gasteiger partial charge on any atom is 0.205 e. The van der Waals surface area contributed by atoms with E-state index >= 15 is 0 Å². The molecular formula is C12H22N4S. The Hall–Kier alpha value is -0.680. The van der Waals surface area contributed by atoms with Crippen LogP contribution in [0.15, 0.2) is 0 Å². The zero-order chi connectivity index (χ0) is 12.6. The Morgan fingerprint density at radius 1 is 1.41 bits per heavy atom. The molecule has 96 valence electrons. The van der Waals surface area contributed by atoms with Crippen LogP contribution in [0, 0.1) is 5.92 Å². The molecule has 0 radical (unpaired) electrons. The van der Waals surface area contributed by atoms with Gasteiger partial charge in [0, 0.05) is 36.1 Å². The average molecular weight is 254 g/mol. The molecule has 2 N–H and O–H groups in total. The van der Waals surface area contributed by atoms with Crippen LogP contribution in [0.3, 0.4) is 0 Å². The molecule has 2 rings (SSSR count). The van der Waals surface area contributed by atoms with Crippen molar-refractivity contribution >= 4 is 16.7 Å². The zero-order valence-electron chi connectivity index (χ0n) is 11.1. The first kappa shape index (κ1) is 12.8. The Labute approximate surface area is 107 Å². The highest BCUT2D eigenvalue weighted by molar-refractivity contribution is 7.09. The molecular weight excluding hydrogens is 232 g/mol. The van der Waals surface area contributed by atoms with Gasteiger partial charge in [-0.1, -0.05) is 27.7 Å². The smallest absolute Gasteiger partial charge is 0.205 e. The van der Waals surface area contributed by atoms with Gasteiger partial charge < -0.3 is 10.6 Å². The van der Waals surface area contributed by atoms with Crippen molar-refractivity contribution in [2.75, 3.05) is 18.0 Å². The molecule has 1 aliphatic rings. The molecule has 4 nitrogen and oxygen atoms in total. The molecule has 0 saturated carbocycles. The molecule has 0 aromatic carbocycles. The van der Waals surface area contributed by atoms with Gasteiger partial charge in [0.15, 0.2) is 0 Å². The van der Waals surface area contributed by atoms with Gasteiger partial charge in [-0.3, -0.25) is 0 Å². The molecule has 17 heavy (non-hydrogen) atoms. The number of aromatic nitrogens is 2. The number of nitrogens with two attached hydrogens (primary N) is 1. The lowest BCUT2D eigenvalue weighted by molar-refractivity contribution is 0.379. The Morgan fingerprint density at radius 2 is 2.12 bits per heavy atom. The van der Waals surface area contributed by atoms with Crippen molar-refractivity contribution in [1.29, 1.82) is 0 Å². The lowest BCUT2D eigenvalue weighted by atomic mass is 9.94. The van der Waals surface area contributed by atoms with Crippen molar-refractivity contribution < 1.29 is 0 Å². The van der Waals surface area contributed by atoms with Crippen molar-refractivity contribution in [1.82, 2.24) is 9.36 Å². The van der Waals surface area contributed by atoms with Crippen LogP contribution in [0.25, 0.3) is 0 Å². The number of hydrogen-bond acceptors (Lipinski definition) is 5. The molecule has 0 bridgehead atoms. The highest BCUT2D eigenvalue weighted by Crippen LogP contribution is 2.28. The zero-order valence-corrected chi connectivity index (χ0v) is 11.9. The predicted octanol–water partition coefficient (Wildman–Crippen LogP) is 2.01. The first-order valence-electron chi connectivity index (χ1n) is 6.22. The summed E-state index contributed by atoms with van der Waals surface area (Å²) in [4.78, 5) is 6.92. The molecule has 1 fully saturated rings. The second-order valence-corrected chi connectivity index (χ2v) is 6.76. The van der Waals surface area contributed by atoms with E-state index in [1.54, 1.807) is 0 Å². The molecule has 1 aromatic rings. The molecule has 2 atom stereocenters. The van der Waals surface area contributed by atoms with Crippen LogP contribution in [0.2, 0.25) is 0 Å². The van der Waals surface area contributed by atoms with Gasteiger partial charge in [-0.05, 0) is 12.3 Å². The fraction of sp³-hybridized carbons (Fsp3) is 0.833. The van der Waals surface area contributed by atoms with E-state index in [1.807, 2.05) is 0 Å². The molecule has 5 heteroatoms. The predicted molar refractivity (Wildman–Crippen MR) is 72.6 cm³/mol. The minimum absolute atomic E-state index is 0.0277. The second-order valence-electron chi connectivity index (χ2n) is 6.03. The molecule has 1 aliphatic heterocycles. The standard InChI is InChI=1S/C12H22N4S/c1-8-5-6-16(7-9(8)13)11-14-10(15-17-11)12(2,3)4/h8-9H,5-7,13H2,1-4H3. The van der Waals surface area contributed by atoms with E-state index in [2.05, 4.69) is 42.0 Å². The first-order chi connectivity index (χ1) is 7.88. The first-order valence-corrected chi connectivity index (χ1v) is 7.00. The minimum atomic E-state index is 0.0277. The molecule has 0 aliphatic carbocycles. The number of nitrogens with zero attached hydrogens (tertiary/aromatic N) is 3. The maximum absolute atomic E-state index is 6.11. The topological polar surface area (TPSA) is 55.0 Å². The molecule has 2 unspecified atom stereocenters. The monoisotopic (exact) mass is 254 g/mol. The third-order valence-corrected chi connectivity index (χ3v) is 4.15. The summed E-state index contributed by atoms with van der Waals surface area (Å²) in [5.74, 6) is 1.55. The van der Waals surface area contributed by atoms with Crippen LogP contribution >= 0.6 is 11.5 Å². The van der Waals surface area contributed by atoms with Gasteiger partial charge in [-0.15, -0.1) is 0 Å². The van der Waals surface area contributed by atoms with E-state index in [1.165, 1.54) is 11.5 Å². The maximum atomic E-state index is 6.11. The van der Waals surface area contributed by atoms with Crippen molar-refractivity contribution in [3.8, 4) is 0 Å². The number of rotatable bonds is 1. The summed E-state index contributed by atoms with van der Waals surface area (Å²) < 4.78 is 4.45. The van der Waals surface area contributed by atoms with Crippen LogP contribution in [-0.4, -0.2) is 28.5 Å². The van der Waals surface area contributed by atoms with E-state index < -0.39 is 0 Å². The van der Waals surface area contributed by atoms with E-state index in [-0.39, 0.29) is 11.5 Å². The van der Waals surface area contributed by atoms with Crippen molar-refractivity contribution in [3.63, 3.8) is 0 Å². The van der Waals surface area contributed by atoms with E-state index in [0.29, 0.717) is 5.92 Å². The van der Waals surface area contributed by atoms with Crippen LogP contribution < -0.4 is 10.6 Å². The number of hydrogen-bond donors (Lipinski definition) is 1. The van der Waals surface area contributed by atoms with E-state index in [4.69, 9.17) is 5.73 Å². The third kappa shape index (κ3) is 2.77.